The molecule has 2 aliphatic heterocycles. The smallest absolute Gasteiger partial charge is 0.447 e. The molecule has 38 heavy (non-hydrogen) atoms. The Hall–Kier alpha value is -3.01. The zero-order chi connectivity index (χ0) is 28.1. The van der Waals surface area contributed by atoms with Gasteiger partial charge in [0, 0.05) is 25.2 Å². The van der Waals surface area contributed by atoms with Crippen LogP contribution in [0.1, 0.15) is 39.2 Å². The number of rotatable bonds is 9. The Kier molecular flexibility index (Phi) is 9.52. The molecule has 2 saturated heterocycles. The number of carbonyl (C=O) groups excluding carboxylic acids is 2. The summed E-state index contributed by atoms with van der Waals surface area (Å²) >= 11 is 0. The van der Waals surface area contributed by atoms with E-state index in [0.717, 1.165) is 5.56 Å². The molecule has 3 rings (SSSR count). The molecule has 0 bridgehead atoms. The van der Waals surface area contributed by atoms with E-state index in [2.05, 4.69) is 5.32 Å². The highest BCUT2D eigenvalue weighted by Gasteiger charge is 2.44. The van der Waals surface area contributed by atoms with Crippen molar-refractivity contribution in [3.8, 4) is 6.07 Å². The Morgan fingerprint density at radius 3 is 2.50 bits per heavy atom. The molecule has 0 unspecified atom stereocenters. The van der Waals surface area contributed by atoms with Crippen molar-refractivity contribution in [3.63, 3.8) is 0 Å². The van der Waals surface area contributed by atoms with E-state index < -0.39 is 48.5 Å². The van der Waals surface area contributed by atoms with E-state index in [1.54, 1.807) is 49.9 Å². The molecule has 0 spiro atoms. The molecule has 3 N–H and O–H groups in total. The first-order chi connectivity index (χ1) is 17.9. The summed E-state index contributed by atoms with van der Waals surface area (Å²) in [4.78, 5) is 28.9. The summed E-state index contributed by atoms with van der Waals surface area (Å²) in [5, 5.41) is 31.6. The van der Waals surface area contributed by atoms with Crippen molar-refractivity contribution < 1.29 is 33.2 Å². The van der Waals surface area contributed by atoms with Crippen LogP contribution in [0.3, 0.4) is 0 Å². The molecule has 9 nitrogen and oxygen atoms in total. The number of alkyl halides is 2. The van der Waals surface area contributed by atoms with Gasteiger partial charge in [-0.25, -0.2) is 13.6 Å². The molecule has 4 atom stereocenters. The molecule has 2 amide bonds. The topological polar surface area (TPSA) is 126 Å². The van der Waals surface area contributed by atoms with Gasteiger partial charge >= 0.3 is 13.2 Å². The van der Waals surface area contributed by atoms with Gasteiger partial charge in [-0.1, -0.05) is 30.3 Å². The number of nitrogens with zero attached hydrogens (tertiary/aromatic N) is 3. The van der Waals surface area contributed by atoms with Crippen LogP contribution in [0.25, 0.3) is 0 Å². The molecule has 1 aromatic rings. The summed E-state index contributed by atoms with van der Waals surface area (Å²) in [7, 11) is -1.81. The largest absolute Gasteiger partial charge is 0.475 e. The minimum Gasteiger partial charge on any atom is -0.447 e. The maximum absolute atomic E-state index is 13.8. The average molecular weight is 532 g/mol. The third-order valence-corrected chi connectivity index (χ3v) is 7.32. The molecule has 12 heteroatoms. The zero-order valence-electron chi connectivity index (χ0n) is 21.9. The van der Waals surface area contributed by atoms with Crippen LogP contribution in [0, 0.1) is 11.3 Å². The molecule has 0 radical (unpaired) electrons. The molecule has 2 aliphatic rings. The van der Waals surface area contributed by atoms with E-state index in [-0.39, 0.29) is 31.7 Å². The van der Waals surface area contributed by atoms with Gasteiger partial charge in [0.25, 0.3) is 5.91 Å². The van der Waals surface area contributed by atoms with Crippen LogP contribution >= 0.6 is 0 Å². The number of amides is 2. The second kappa shape index (κ2) is 12.2. The molecule has 1 aromatic carbocycles. The first kappa shape index (κ1) is 29.5. The number of halogens is 2. The van der Waals surface area contributed by atoms with E-state index in [1.165, 1.54) is 11.0 Å². The van der Waals surface area contributed by atoms with Crippen molar-refractivity contribution in [1.29, 1.82) is 5.26 Å². The number of benzene rings is 1. The summed E-state index contributed by atoms with van der Waals surface area (Å²) in [6.07, 6.45) is -1.35. The Bertz CT molecular complexity index is 1060. The number of alkyl carbamates (subject to hydrolysis) is 1. The molecule has 2 heterocycles. The van der Waals surface area contributed by atoms with Gasteiger partial charge in [-0.3, -0.25) is 9.69 Å². The van der Waals surface area contributed by atoms with Crippen LogP contribution in [-0.2, 0) is 16.0 Å². The summed E-state index contributed by atoms with van der Waals surface area (Å²) in [5.41, 5.74) is -1.20. The predicted molar refractivity (Wildman–Crippen MR) is 137 cm³/mol. The molecule has 0 saturated carbocycles. The van der Waals surface area contributed by atoms with Gasteiger partial charge in [0.1, 0.15) is 30.6 Å². The number of likely N-dealkylation sites (tertiary alicyclic amines) is 2. The monoisotopic (exact) mass is 532 g/mol. The number of carbonyl (C=O) groups is 2. The van der Waals surface area contributed by atoms with Crippen LogP contribution in [0.2, 0.25) is 0 Å². The second-order valence-corrected chi connectivity index (χ2v) is 10.7. The highest BCUT2D eigenvalue weighted by atomic mass is 19.2. The Balaban J connectivity index is 1.65. The van der Waals surface area contributed by atoms with Gasteiger partial charge in [-0.05, 0) is 51.7 Å². The highest BCUT2D eigenvalue weighted by Crippen LogP contribution is 2.32. The van der Waals surface area contributed by atoms with Crippen LogP contribution in [-0.4, -0.2) is 94.6 Å². The summed E-state index contributed by atoms with van der Waals surface area (Å²) in [6.45, 7) is 5.04. The Morgan fingerprint density at radius 2 is 1.92 bits per heavy atom. The van der Waals surface area contributed by atoms with Crippen LogP contribution in [0.15, 0.2) is 42.0 Å². The average Bonchev–Trinajstić information content (AvgIpc) is 3.43. The van der Waals surface area contributed by atoms with Crippen molar-refractivity contribution in [3.05, 3.63) is 47.5 Å². The lowest BCUT2D eigenvalue weighted by Crippen LogP contribution is -2.52. The summed E-state index contributed by atoms with van der Waals surface area (Å²) in [6, 6.07) is 10.9. The first-order valence-corrected chi connectivity index (χ1v) is 12.7. The maximum Gasteiger partial charge on any atom is 0.475 e. The quantitative estimate of drug-likeness (QED) is 0.252. The van der Waals surface area contributed by atoms with E-state index in [9.17, 15) is 33.7 Å². The first-order valence-electron chi connectivity index (χ1n) is 12.7. The van der Waals surface area contributed by atoms with Crippen molar-refractivity contribution in [2.45, 2.75) is 69.4 Å². The lowest BCUT2D eigenvalue weighted by molar-refractivity contribution is -0.131. The second-order valence-electron chi connectivity index (χ2n) is 10.7. The normalized spacial score (nSPS) is 25.1. The fourth-order valence-electron chi connectivity index (χ4n) is 4.96. The van der Waals surface area contributed by atoms with Gasteiger partial charge in [-0.2, -0.15) is 5.26 Å². The molecular formula is C26H35BF2N4O5. The van der Waals surface area contributed by atoms with Crippen LogP contribution in [0.5, 0.6) is 0 Å². The molecule has 206 valence electrons. The lowest BCUT2D eigenvalue weighted by atomic mass is 9.76. The van der Waals surface area contributed by atoms with Crippen LogP contribution < -0.4 is 5.32 Å². The lowest BCUT2D eigenvalue weighted by Gasteiger charge is -2.36. The Labute approximate surface area is 222 Å². The minimum atomic E-state index is -1.81. The minimum absolute atomic E-state index is 0.129. The van der Waals surface area contributed by atoms with Crippen molar-refractivity contribution in [2.24, 2.45) is 0 Å². The summed E-state index contributed by atoms with van der Waals surface area (Å²) in [5.74, 6) is -1.56. The van der Waals surface area contributed by atoms with Gasteiger partial charge < -0.3 is 25.0 Å². The molecular weight excluding hydrogens is 497 g/mol. The third kappa shape index (κ3) is 7.10. The fraction of sp³-hybridized carbons (Fsp3) is 0.577. The van der Waals surface area contributed by atoms with E-state index in [1.807, 2.05) is 12.1 Å². The van der Waals surface area contributed by atoms with Gasteiger partial charge in [0.15, 0.2) is 0 Å². The standard InChI is InChI=1S/C26H35BF2N4O5/c1-25(2,32-15-20(28)21(29)16-32)13-19(14-30)23(34)33-11-7-10-26(33,3)17-38-24(35)31-22(27(36)37)12-18-8-5-4-6-9-18/h4-6,8-9,13,20-22,36-37H,7,10-12,15-17H2,1-3H3,(H,31,35)/b19-13+/t20-,21+,22-,26+/m0/s1. The predicted octanol–water partition coefficient (Wildman–Crippen LogP) is 1.94. The number of ether oxygens (including phenoxy) is 1. The van der Waals surface area contributed by atoms with Gasteiger partial charge in [0.05, 0.1) is 11.5 Å². The van der Waals surface area contributed by atoms with Gasteiger partial charge in [-0.15, -0.1) is 0 Å². The number of nitrogens with one attached hydrogen (secondary N) is 1. The Morgan fingerprint density at radius 1 is 1.29 bits per heavy atom. The van der Waals surface area contributed by atoms with Gasteiger partial charge in [0.2, 0.25) is 0 Å². The van der Waals surface area contributed by atoms with Crippen molar-refractivity contribution in [2.75, 3.05) is 26.2 Å². The zero-order valence-corrected chi connectivity index (χ0v) is 21.9. The third-order valence-electron chi connectivity index (χ3n) is 7.32. The molecule has 2 fully saturated rings. The summed E-state index contributed by atoms with van der Waals surface area (Å²) < 4.78 is 32.9. The van der Waals surface area contributed by atoms with E-state index in [0.29, 0.717) is 19.4 Å². The van der Waals surface area contributed by atoms with Crippen molar-refractivity contribution in [1.82, 2.24) is 15.1 Å². The molecule has 0 aliphatic carbocycles. The maximum atomic E-state index is 13.8. The van der Waals surface area contributed by atoms with Crippen molar-refractivity contribution >= 4 is 19.1 Å². The fourth-order valence-corrected chi connectivity index (χ4v) is 4.96. The van der Waals surface area contributed by atoms with Crippen LogP contribution in [0.4, 0.5) is 13.6 Å². The number of nitriles is 1. The molecule has 0 aromatic heterocycles. The number of hydrogen-bond donors (Lipinski definition) is 3. The number of hydrogen-bond acceptors (Lipinski definition) is 7. The highest BCUT2D eigenvalue weighted by molar-refractivity contribution is 6.43. The van der Waals surface area contributed by atoms with E-state index in [4.69, 9.17) is 4.74 Å². The van der Waals surface area contributed by atoms with E-state index >= 15 is 0 Å². The SMILES string of the molecule is CC(C)(/C=C(\C#N)C(=O)N1CCC[C@]1(C)COC(=O)N[C@@H](Cc1ccccc1)B(O)O)N1C[C@@H](F)[C@@H](F)C1.